The lowest BCUT2D eigenvalue weighted by atomic mass is 9.89. The standard InChI is InChI=1S/C23H24F2N2O2/c24-18-7-4-8-19(25)20(18)26-21(28)23(11-12-23)22(29)27-13-9-17(10-14-27)15-16-5-2-1-3-6-16/h1-8,17H,9-15H2,(H,26,28). The summed E-state index contributed by atoms with van der Waals surface area (Å²) in [7, 11) is 0. The molecule has 4 rings (SSSR count). The number of nitrogens with one attached hydrogen (secondary N) is 1. The zero-order valence-electron chi connectivity index (χ0n) is 16.2. The van der Waals surface area contributed by atoms with Crippen molar-refractivity contribution in [2.45, 2.75) is 32.1 Å². The molecule has 152 valence electrons. The Morgan fingerprint density at radius 1 is 0.966 bits per heavy atom. The maximum Gasteiger partial charge on any atom is 0.240 e. The highest BCUT2D eigenvalue weighted by Gasteiger charge is 2.58. The molecule has 2 amide bonds. The van der Waals surface area contributed by atoms with Crippen molar-refractivity contribution >= 4 is 17.5 Å². The summed E-state index contributed by atoms with van der Waals surface area (Å²) in [5, 5.41) is 2.31. The third kappa shape index (κ3) is 4.02. The van der Waals surface area contributed by atoms with Gasteiger partial charge in [0.15, 0.2) is 0 Å². The molecule has 2 aromatic carbocycles. The molecular formula is C23H24F2N2O2. The Labute approximate surface area is 168 Å². The molecule has 0 aromatic heterocycles. The molecule has 1 aliphatic heterocycles. The molecular weight excluding hydrogens is 374 g/mol. The third-order valence-electron chi connectivity index (χ3n) is 6.06. The molecule has 1 heterocycles. The summed E-state index contributed by atoms with van der Waals surface area (Å²) in [5.74, 6) is -2.01. The van der Waals surface area contributed by atoms with E-state index >= 15 is 0 Å². The zero-order chi connectivity index (χ0) is 20.4. The van der Waals surface area contributed by atoms with Gasteiger partial charge in [0.1, 0.15) is 22.7 Å². The van der Waals surface area contributed by atoms with E-state index < -0.39 is 28.6 Å². The molecule has 6 heteroatoms. The van der Waals surface area contributed by atoms with E-state index in [0.29, 0.717) is 31.8 Å². The van der Waals surface area contributed by atoms with Crippen LogP contribution in [0.1, 0.15) is 31.2 Å². The van der Waals surface area contributed by atoms with Crippen molar-refractivity contribution in [1.82, 2.24) is 4.90 Å². The van der Waals surface area contributed by atoms with Crippen LogP contribution in [0.3, 0.4) is 0 Å². The molecule has 1 aliphatic carbocycles. The Morgan fingerprint density at radius 3 is 2.17 bits per heavy atom. The minimum Gasteiger partial charge on any atom is -0.342 e. The maximum absolute atomic E-state index is 13.8. The van der Waals surface area contributed by atoms with Crippen LogP contribution < -0.4 is 5.32 Å². The number of likely N-dealkylation sites (tertiary alicyclic amines) is 1. The molecule has 29 heavy (non-hydrogen) atoms. The first kappa shape index (κ1) is 19.6. The second kappa shape index (κ2) is 7.93. The summed E-state index contributed by atoms with van der Waals surface area (Å²) in [4.78, 5) is 27.5. The summed E-state index contributed by atoms with van der Waals surface area (Å²) >= 11 is 0. The third-order valence-corrected chi connectivity index (χ3v) is 6.06. The van der Waals surface area contributed by atoms with Crippen LogP contribution in [-0.4, -0.2) is 29.8 Å². The minimum atomic E-state index is -1.18. The number of para-hydroxylation sites is 1. The predicted molar refractivity (Wildman–Crippen MR) is 106 cm³/mol. The first-order chi connectivity index (χ1) is 14.0. The van der Waals surface area contributed by atoms with Crippen molar-refractivity contribution in [2.24, 2.45) is 11.3 Å². The number of hydrogen-bond acceptors (Lipinski definition) is 2. The van der Waals surface area contributed by atoms with Crippen LogP contribution >= 0.6 is 0 Å². The number of carbonyl (C=O) groups excluding carboxylic acids is 2. The summed E-state index contributed by atoms with van der Waals surface area (Å²) < 4.78 is 27.7. The van der Waals surface area contributed by atoms with E-state index in [9.17, 15) is 18.4 Å². The van der Waals surface area contributed by atoms with E-state index in [1.165, 1.54) is 11.6 Å². The Balaban J connectivity index is 1.36. The number of halogens is 2. The second-order valence-corrected chi connectivity index (χ2v) is 8.06. The Morgan fingerprint density at radius 2 is 1.59 bits per heavy atom. The highest BCUT2D eigenvalue weighted by Crippen LogP contribution is 2.49. The SMILES string of the molecule is O=C(Nc1c(F)cccc1F)C1(C(=O)N2CCC(Cc3ccccc3)CC2)CC1. The fourth-order valence-electron chi connectivity index (χ4n) is 4.10. The predicted octanol–water partition coefficient (Wildman–Crippen LogP) is 4.16. The number of hydrogen-bond donors (Lipinski definition) is 1. The molecule has 2 aliphatic rings. The van der Waals surface area contributed by atoms with Gasteiger partial charge in [0, 0.05) is 13.1 Å². The lowest BCUT2D eigenvalue weighted by Gasteiger charge is -2.34. The molecule has 0 bridgehead atoms. The van der Waals surface area contributed by atoms with Gasteiger partial charge in [-0.2, -0.15) is 0 Å². The first-order valence-corrected chi connectivity index (χ1v) is 10.1. The fraction of sp³-hybridized carbons (Fsp3) is 0.391. The number of amides is 2. The molecule has 0 atom stereocenters. The van der Waals surface area contributed by atoms with Crippen LogP contribution in [0.15, 0.2) is 48.5 Å². The second-order valence-electron chi connectivity index (χ2n) is 8.06. The van der Waals surface area contributed by atoms with Gasteiger partial charge in [-0.3, -0.25) is 9.59 Å². The van der Waals surface area contributed by atoms with Gasteiger partial charge in [-0.1, -0.05) is 36.4 Å². The quantitative estimate of drug-likeness (QED) is 0.769. The van der Waals surface area contributed by atoms with Crippen LogP contribution in [0.2, 0.25) is 0 Å². The maximum atomic E-state index is 13.8. The minimum absolute atomic E-state index is 0.218. The lowest BCUT2D eigenvalue weighted by molar-refractivity contribution is -0.143. The van der Waals surface area contributed by atoms with Gasteiger partial charge >= 0.3 is 0 Å². The molecule has 1 N–H and O–H groups in total. The first-order valence-electron chi connectivity index (χ1n) is 10.1. The Hall–Kier alpha value is -2.76. The number of anilines is 1. The summed E-state index contributed by atoms with van der Waals surface area (Å²) in [6.45, 7) is 1.22. The molecule has 4 nitrogen and oxygen atoms in total. The number of benzene rings is 2. The van der Waals surface area contributed by atoms with Crippen LogP contribution in [0, 0.1) is 23.0 Å². The van der Waals surface area contributed by atoms with E-state index in [2.05, 4.69) is 17.4 Å². The van der Waals surface area contributed by atoms with E-state index in [1.54, 1.807) is 4.90 Å². The largest absolute Gasteiger partial charge is 0.342 e. The highest BCUT2D eigenvalue weighted by molar-refractivity contribution is 6.13. The average Bonchev–Trinajstić information content (AvgIpc) is 3.54. The van der Waals surface area contributed by atoms with Gasteiger partial charge in [-0.05, 0) is 55.7 Å². The molecule has 1 saturated heterocycles. The molecule has 0 spiro atoms. The van der Waals surface area contributed by atoms with Gasteiger partial charge < -0.3 is 10.2 Å². The summed E-state index contributed by atoms with van der Waals surface area (Å²) in [5.41, 5.74) is -0.374. The van der Waals surface area contributed by atoms with Crippen molar-refractivity contribution in [3.05, 3.63) is 65.7 Å². The number of rotatable bonds is 5. The van der Waals surface area contributed by atoms with Gasteiger partial charge in [0.05, 0.1) is 0 Å². The lowest BCUT2D eigenvalue weighted by Crippen LogP contribution is -2.46. The van der Waals surface area contributed by atoms with Gasteiger partial charge in [0.25, 0.3) is 0 Å². The van der Waals surface area contributed by atoms with Crippen LogP contribution in [0.4, 0.5) is 14.5 Å². The Kier molecular flexibility index (Phi) is 5.35. The number of carbonyl (C=O) groups is 2. The van der Waals surface area contributed by atoms with Crippen molar-refractivity contribution in [3.8, 4) is 0 Å². The summed E-state index contributed by atoms with van der Waals surface area (Å²) in [6.07, 6.45) is 3.59. The molecule has 1 saturated carbocycles. The number of nitrogens with zero attached hydrogens (tertiary/aromatic N) is 1. The van der Waals surface area contributed by atoms with Crippen molar-refractivity contribution in [3.63, 3.8) is 0 Å². The van der Waals surface area contributed by atoms with Crippen molar-refractivity contribution < 1.29 is 18.4 Å². The summed E-state index contributed by atoms with van der Waals surface area (Å²) in [6, 6.07) is 13.7. The van der Waals surface area contributed by atoms with E-state index in [1.807, 2.05) is 18.2 Å². The normalized spacial score (nSPS) is 18.3. The van der Waals surface area contributed by atoms with Crippen LogP contribution in [0.5, 0.6) is 0 Å². The smallest absolute Gasteiger partial charge is 0.240 e. The van der Waals surface area contributed by atoms with Crippen LogP contribution in [-0.2, 0) is 16.0 Å². The zero-order valence-corrected chi connectivity index (χ0v) is 16.2. The van der Waals surface area contributed by atoms with Gasteiger partial charge in [0.2, 0.25) is 11.8 Å². The Bertz CT molecular complexity index is 884. The van der Waals surface area contributed by atoms with Crippen LogP contribution in [0.25, 0.3) is 0 Å². The molecule has 0 radical (unpaired) electrons. The van der Waals surface area contributed by atoms with Gasteiger partial charge in [-0.25, -0.2) is 8.78 Å². The van der Waals surface area contributed by atoms with E-state index in [-0.39, 0.29) is 5.91 Å². The molecule has 2 fully saturated rings. The highest BCUT2D eigenvalue weighted by atomic mass is 19.1. The van der Waals surface area contributed by atoms with Crippen molar-refractivity contribution in [1.29, 1.82) is 0 Å². The average molecular weight is 398 g/mol. The number of piperidine rings is 1. The van der Waals surface area contributed by atoms with E-state index in [4.69, 9.17) is 0 Å². The molecule has 2 aromatic rings. The van der Waals surface area contributed by atoms with Crippen molar-refractivity contribution in [2.75, 3.05) is 18.4 Å². The fourth-order valence-corrected chi connectivity index (χ4v) is 4.10. The topological polar surface area (TPSA) is 49.4 Å². The van der Waals surface area contributed by atoms with E-state index in [0.717, 1.165) is 31.4 Å². The van der Waals surface area contributed by atoms with Gasteiger partial charge in [-0.15, -0.1) is 0 Å². The monoisotopic (exact) mass is 398 g/mol. The molecule has 0 unspecified atom stereocenters.